The number of hydrogen-bond acceptors (Lipinski definition) is 3. The van der Waals surface area contributed by atoms with Gasteiger partial charge in [0, 0.05) is 16.6 Å². The van der Waals surface area contributed by atoms with Crippen LogP contribution in [-0.4, -0.2) is 11.1 Å². The number of fused-ring (bicyclic) bond motifs is 2. The molecule has 0 spiro atoms. The smallest absolute Gasteiger partial charge is 0.134 e. The second kappa shape index (κ2) is 4.39. The van der Waals surface area contributed by atoms with E-state index in [1.54, 1.807) is 6.26 Å². The van der Waals surface area contributed by atoms with Crippen molar-refractivity contribution in [2.24, 2.45) is 0 Å². The number of nitrogens with one attached hydrogen (secondary N) is 1. The van der Waals surface area contributed by atoms with Crippen LogP contribution in [0.2, 0.25) is 0 Å². The minimum Gasteiger partial charge on any atom is -0.464 e. The molecule has 2 N–H and O–H groups in total. The number of para-hydroxylation sites is 2. The summed E-state index contributed by atoms with van der Waals surface area (Å²) in [5, 5.41) is 15.0. The molecule has 3 heteroatoms. The van der Waals surface area contributed by atoms with E-state index in [0.717, 1.165) is 28.6 Å². The fourth-order valence-electron chi connectivity index (χ4n) is 2.96. The molecule has 0 saturated heterocycles. The summed E-state index contributed by atoms with van der Waals surface area (Å²) in [6, 6.07) is 16.0. The van der Waals surface area contributed by atoms with Gasteiger partial charge in [-0.1, -0.05) is 36.4 Å². The Balaban J connectivity index is 1.67. The third-order valence-corrected chi connectivity index (χ3v) is 4.01. The zero-order valence-electron chi connectivity index (χ0n) is 10.9. The van der Waals surface area contributed by atoms with Crippen molar-refractivity contribution in [2.45, 2.75) is 18.6 Å². The third-order valence-electron chi connectivity index (χ3n) is 4.01. The summed E-state index contributed by atoms with van der Waals surface area (Å²) in [5.41, 5.74) is 4.04. The Morgan fingerprint density at radius 3 is 2.80 bits per heavy atom. The molecule has 4 rings (SSSR count). The first-order valence-corrected chi connectivity index (χ1v) is 6.81. The Morgan fingerprint density at radius 2 is 1.90 bits per heavy atom. The van der Waals surface area contributed by atoms with E-state index in [0.29, 0.717) is 0 Å². The van der Waals surface area contributed by atoms with E-state index in [-0.39, 0.29) is 6.04 Å². The van der Waals surface area contributed by atoms with E-state index in [4.69, 9.17) is 4.42 Å². The van der Waals surface area contributed by atoms with Crippen molar-refractivity contribution in [1.82, 2.24) is 0 Å². The Morgan fingerprint density at radius 1 is 1.10 bits per heavy atom. The maximum absolute atomic E-state index is 10.7. The normalized spacial score (nSPS) is 18.8. The summed E-state index contributed by atoms with van der Waals surface area (Å²) < 4.78 is 5.52. The predicted octanol–water partition coefficient (Wildman–Crippen LogP) is 3.50. The lowest BCUT2D eigenvalue weighted by molar-refractivity contribution is 0.157. The Kier molecular flexibility index (Phi) is 2.54. The average Bonchev–Trinajstić information content (AvgIpc) is 3.10. The predicted molar refractivity (Wildman–Crippen MR) is 78.7 cm³/mol. The van der Waals surface area contributed by atoms with Crippen molar-refractivity contribution in [2.75, 3.05) is 5.32 Å². The van der Waals surface area contributed by atoms with Crippen LogP contribution < -0.4 is 5.32 Å². The standard InChI is InChI=1S/C17H15NO2/c19-17(13-10-20-16-8-4-2-6-12(13)16)15-9-11-5-1-3-7-14(11)18-15/h1-8,10,15,17-19H,9H2. The molecule has 3 aromatic rings. The first-order chi connectivity index (χ1) is 9.83. The first-order valence-electron chi connectivity index (χ1n) is 6.81. The first kappa shape index (κ1) is 11.6. The number of rotatable bonds is 2. The minimum atomic E-state index is -0.578. The van der Waals surface area contributed by atoms with Crippen LogP contribution >= 0.6 is 0 Å². The molecule has 0 bridgehead atoms. The van der Waals surface area contributed by atoms with Crippen LogP contribution in [0, 0.1) is 0 Å². The monoisotopic (exact) mass is 265 g/mol. The van der Waals surface area contributed by atoms with Crippen LogP contribution in [0.4, 0.5) is 5.69 Å². The summed E-state index contributed by atoms with van der Waals surface area (Å²) in [5.74, 6) is 0. The van der Waals surface area contributed by atoms with E-state index >= 15 is 0 Å². The topological polar surface area (TPSA) is 45.4 Å². The molecule has 1 aromatic heterocycles. The van der Waals surface area contributed by atoms with Crippen molar-refractivity contribution >= 4 is 16.7 Å². The zero-order valence-corrected chi connectivity index (χ0v) is 10.9. The second-order valence-electron chi connectivity index (χ2n) is 5.24. The highest BCUT2D eigenvalue weighted by atomic mass is 16.3. The number of aliphatic hydroxyl groups is 1. The highest BCUT2D eigenvalue weighted by Gasteiger charge is 2.29. The van der Waals surface area contributed by atoms with Gasteiger partial charge in [0.15, 0.2) is 0 Å². The van der Waals surface area contributed by atoms with Gasteiger partial charge in [-0.2, -0.15) is 0 Å². The maximum atomic E-state index is 10.7. The number of anilines is 1. The largest absolute Gasteiger partial charge is 0.464 e. The molecule has 100 valence electrons. The van der Waals surface area contributed by atoms with Crippen molar-refractivity contribution in [1.29, 1.82) is 0 Å². The van der Waals surface area contributed by atoms with E-state index < -0.39 is 6.10 Å². The van der Waals surface area contributed by atoms with Crippen LogP contribution in [-0.2, 0) is 6.42 Å². The molecular weight excluding hydrogens is 250 g/mol. The van der Waals surface area contributed by atoms with Crippen molar-refractivity contribution < 1.29 is 9.52 Å². The number of aliphatic hydroxyl groups excluding tert-OH is 1. The molecule has 0 aliphatic carbocycles. The molecule has 2 aromatic carbocycles. The lowest BCUT2D eigenvalue weighted by Gasteiger charge is -2.18. The molecule has 0 amide bonds. The fraction of sp³-hybridized carbons (Fsp3) is 0.176. The van der Waals surface area contributed by atoms with Gasteiger partial charge in [-0.05, 0) is 24.1 Å². The number of benzene rings is 2. The van der Waals surface area contributed by atoms with Gasteiger partial charge >= 0.3 is 0 Å². The van der Waals surface area contributed by atoms with Crippen molar-refractivity contribution in [3.63, 3.8) is 0 Å². The highest BCUT2D eigenvalue weighted by Crippen LogP contribution is 2.35. The highest BCUT2D eigenvalue weighted by molar-refractivity contribution is 5.81. The van der Waals surface area contributed by atoms with E-state index in [1.807, 2.05) is 36.4 Å². The van der Waals surface area contributed by atoms with Gasteiger partial charge in [0.05, 0.1) is 12.3 Å². The number of hydrogen-bond donors (Lipinski definition) is 2. The molecule has 0 radical (unpaired) electrons. The van der Waals surface area contributed by atoms with Gasteiger partial charge in [-0.15, -0.1) is 0 Å². The van der Waals surface area contributed by atoms with Gasteiger partial charge in [-0.25, -0.2) is 0 Å². The SMILES string of the molecule is OC(c1coc2ccccc12)C1Cc2ccccc2N1. The van der Waals surface area contributed by atoms with E-state index in [1.165, 1.54) is 5.56 Å². The molecule has 0 saturated carbocycles. The van der Waals surface area contributed by atoms with Crippen LogP contribution in [0.15, 0.2) is 59.2 Å². The molecular formula is C17H15NO2. The average molecular weight is 265 g/mol. The van der Waals surface area contributed by atoms with Gasteiger partial charge in [0.25, 0.3) is 0 Å². The summed E-state index contributed by atoms with van der Waals surface area (Å²) in [6.07, 6.45) is 1.92. The Bertz CT molecular complexity index is 737. The summed E-state index contributed by atoms with van der Waals surface area (Å²) in [4.78, 5) is 0. The van der Waals surface area contributed by atoms with Gasteiger partial charge in [-0.3, -0.25) is 0 Å². The lowest BCUT2D eigenvalue weighted by Crippen LogP contribution is -2.24. The molecule has 3 nitrogen and oxygen atoms in total. The quantitative estimate of drug-likeness (QED) is 0.745. The molecule has 1 aliphatic rings. The fourth-order valence-corrected chi connectivity index (χ4v) is 2.96. The van der Waals surface area contributed by atoms with Crippen molar-refractivity contribution in [3.05, 3.63) is 65.9 Å². The summed E-state index contributed by atoms with van der Waals surface area (Å²) in [6.45, 7) is 0. The van der Waals surface area contributed by atoms with Gasteiger partial charge in [0.2, 0.25) is 0 Å². The molecule has 20 heavy (non-hydrogen) atoms. The molecule has 2 unspecified atom stereocenters. The molecule has 2 heterocycles. The van der Waals surface area contributed by atoms with Crippen molar-refractivity contribution in [3.8, 4) is 0 Å². The second-order valence-corrected chi connectivity index (χ2v) is 5.24. The van der Waals surface area contributed by atoms with E-state index in [9.17, 15) is 5.11 Å². The van der Waals surface area contributed by atoms with E-state index in [2.05, 4.69) is 17.4 Å². The summed E-state index contributed by atoms with van der Waals surface area (Å²) in [7, 11) is 0. The summed E-state index contributed by atoms with van der Waals surface area (Å²) >= 11 is 0. The Labute approximate surface area is 116 Å². The van der Waals surface area contributed by atoms with Gasteiger partial charge < -0.3 is 14.8 Å². The van der Waals surface area contributed by atoms with Gasteiger partial charge in [0.1, 0.15) is 11.7 Å². The zero-order chi connectivity index (χ0) is 13.5. The molecule has 1 aliphatic heterocycles. The minimum absolute atomic E-state index is 0.00611. The van der Waals surface area contributed by atoms with Crippen LogP contribution in [0.3, 0.4) is 0 Å². The molecule has 2 atom stereocenters. The van der Waals surface area contributed by atoms with Crippen LogP contribution in [0.5, 0.6) is 0 Å². The lowest BCUT2D eigenvalue weighted by atomic mass is 9.99. The third kappa shape index (κ3) is 1.71. The number of furan rings is 1. The Hall–Kier alpha value is -2.26. The molecule has 0 fully saturated rings. The van der Waals surface area contributed by atoms with Crippen LogP contribution in [0.25, 0.3) is 11.0 Å². The maximum Gasteiger partial charge on any atom is 0.134 e. The van der Waals surface area contributed by atoms with Crippen LogP contribution in [0.1, 0.15) is 17.2 Å².